The molecule has 2 aromatic heterocycles. The number of amides is 1. The highest BCUT2D eigenvalue weighted by atomic mass is 35.5. The molecule has 1 unspecified atom stereocenters. The molecule has 9 nitrogen and oxygen atoms in total. The van der Waals surface area contributed by atoms with E-state index in [1.807, 2.05) is 30.3 Å². The van der Waals surface area contributed by atoms with Crippen molar-refractivity contribution in [3.63, 3.8) is 0 Å². The maximum Gasteiger partial charge on any atom is 0.407 e. The number of nitrogens with one attached hydrogen (secondary N) is 2. The summed E-state index contributed by atoms with van der Waals surface area (Å²) in [6, 6.07) is 14.0. The average Bonchev–Trinajstić information content (AvgIpc) is 3.51. The smallest absolute Gasteiger partial charge is 0.407 e. The molecule has 1 aliphatic rings. The molecule has 10 heteroatoms. The first-order valence-corrected chi connectivity index (χ1v) is 11.5. The fourth-order valence-electron chi connectivity index (χ4n) is 4.30. The van der Waals surface area contributed by atoms with Crippen molar-refractivity contribution in [2.24, 2.45) is 0 Å². The third kappa shape index (κ3) is 4.63. The van der Waals surface area contributed by atoms with E-state index in [0.717, 1.165) is 12.8 Å². The van der Waals surface area contributed by atoms with E-state index < -0.39 is 6.09 Å². The molecule has 0 radical (unpaired) electrons. The molecule has 1 amide bonds. The Morgan fingerprint density at radius 2 is 1.97 bits per heavy atom. The fourth-order valence-corrected chi connectivity index (χ4v) is 4.56. The van der Waals surface area contributed by atoms with Crippen molar-refractivity contribution in [3.05, 3.63) is 77.2 Å². The Morgan fingerprint density at radius 3 is 2.74 bits per heavy atom. The van der Waals surface area contributed by atoms with Gasteiger partial charge in [0, 0.05) is 30.9 Å². The molecule has 1 atom stereocenters. The van der Waals surface area contributed by atoms with Gasteiger partial charge < -0.3 is 25.0 Å². The van der Waals surface area contributed by atoms with Crippen LogP contribution >= 0.6 is 11.6 Å². The van der Waals surface area contributed by atoms with Gasteiger partial charge in [-0.2, -0.15) is 0 Å². The number of hydrogen-bond donors (Lipinski definition) is 3. The average molecular weight is 492 g/mol. The normalized spacial score (nSPS) is 15.3. The first-order valence-electron chi connectivity index (χ1n) is 11.1. The van der Waals surface area contributed by atoms with Crippen LogP contribution in [0.1, 0.15) is 28.8 Å². The Balaban J connectivity index is 1.40. The number of H-pyrrole nitrogens is 1. The number of rotatable bonds is 7. The Labute approximate surface area is 205 Å². The van der Waals surface area contributed by atoms with Gasteiger partial charge in [0.2, 0.25) is 0 Å². The number of carbonyl (C=O) groups excluding carboxylic acids is 1. The number of aromatic amines is 1. The number of halogens is 1. The maximum atomic E-state index is 13.5. The monoisotopic (exact) mass is 491 g/mol. The molecular weight excluding hydrogens is 470 g/mol. The summed E-state index contributed by atoms with van der Waals surface area (Å²) in [7, 11) is 0. The van der Waals surface area contributed by atoms with E-state index in [1.54, 1.807) is 24.4 Å². The second kappa shape index (κ2) is 9.63. The number of carboxylic acid groups (broad SMARTS) is 1. The molecule has 0 bridgehead atoms. The van der Waals surface area contributed by atoms with Crippen LogP contribution in [0.25, 0.3) is 11.0 Å². The van der Waals surface area contributed by atoms with E-state index in [-0.39, 0.29) is 16.8 Å². The molecule has 0 spiro atoms. The highest BCUT2D eigenvalue weighted by molar-refractivity contribution is 6.35. The third-order valence-electron chi connectivity index (χ3n) is 6.01. The SMILES string of the molecule is O=C(c1ccc(Oc2ccccc2)cc1Cl)c1c[nH]c2ncnc(NCC3CCCN3C(=O)O)c12. The minimum atomic E-state index is -0.936. The molecular formula is C25H22ClN5O4. The number of hydrogen-bond acceptors (Lipinski definition) is 6. The Morgan fingerprint density at radius 1 is 1.14 bits per heavy atom. The molecule has 1 saturated heterocycles. The van der Waals surface area contributed by atoms with Crippen LogP contribution in [0.2, 0.25) is 5.02 Å². The first kappa shape index (κ1) is 22.7. The number of ketones is 1. The molecule has 2 aromatic carbocycles. The number of nitrogens with zero attached hydrogens (tertiary/aromatic N) is 3. The van der Waals surface area contributed by atoms with E-state index in [4.69, 9.17) is 16.3 Å². The lowest BCUT2D eigenvalue weighted by molar-refractivity contribution is 0.104. The summed E-state index contributed by atoms with van der Waals surface area (Å²) in [6.45, 7) is 0.890. The van der Waals surface area contributed by atoms with Crippen molar-refractivity contribution in [1.82, 2.24) is 19.9 Å². The number of fused-ring (bicyclic) bond motifs is 1. The summed E-state index contributed by atoms with van der Waals surface area (Å²) < 4.78 is 5.80. The lowest BCUT2D eigenvalue weighted by Crippen LogP contribution is -2.38. The summed E-state index contributed by atoms with van der Waals surface area (Å²) in [5, 5.41) is 13.4. The van der Waals surface area contributed by atoms with Crippen molar-refractivity contribution in [2.45, 2.75) is 18.9 Å². The molecule has 4 aromatic rings. The Kier molecular flexibility index (Phi) is 6.24. The largest absolute Gasteiger partial charge is 0.465 e. The molecule has 5 rings (SSSR count). The van der Waals surface area contributed by atoms with E-state index in [9.17, 15) is 14.7 Å². The van der Waals surface area contributed by atoms with Gasteiger partial charge in [-0.1, -0.05) is 29.8 Å². The van der Waals surface area contributed by atoms with E-state index in [1.165, 1.54) is 11.2 Å². The molecule has 1 aliphatic heterocycles. The van der Waals surface area contributed by atoms with Crippen LogP contribution in [0.4, 0.5) is 10.6 Å². The topological polar surface area (TPSA) is 120 Å². The first-order chi connectivity index (χ1) is 17.0. The van der Waals surface area contributed by atoms with Gasteiger partial charge in [0.25, 0.3) is 0 Å². The highest BCUT2D eigenvalue weighted by Crippen LogP contribution is 2.31. The zero-order valence-electron chi connectivity index (χ0n) is 18.6. The van der Waals surface area contributed by atoms with Gasteiger partial charge in [0.05, 0.1) is 22.0 Å². The van der Waals surface area contributed by atoms with Gasteiger partial charge in [-0.15, -0.1) is 0 Å². The minimum absolute atomic E-state index is 0.165. The molecule has 178 valence electrons. The lowest BCUT2D eigenvalue weighted by atomic mass is 10.0. The van der Waals surface area contributed by atoms with Gasteiger partial charge >= 0.3 is 6.09 Å². The molecule has 0 aliphatic carbocycles. The van der Waals surface area contributed by atoms with Crippen molar-refractivity contribution < 1.29 is 19.4 Å². The predicted octanol–water partition coefficient (Wildman–Crippen LogP) is 5.19. The number of ether oxygens (including phenoxy) is 1. The Bertz CT molecular complexity index is 1390. The Hall–Kier alpha value is -4.11. The molecule has 35 heavy (non-hydrogen) atoms. The second-order valence-corrected chi connectivity index (χ2v) is 8.59. The van der Waals surface area contributed by atoms with Crippen LogP contribution < -0.4 is 10.1 Å². The summed E-state index contributed by atoms with van der Waals surface area (Å²) in [6.07, 6.45) is 3.61. The summed E-state index contributed by atoms with van der Waals surface area (Å²) in [5.41, 5.74) is 1.17. The predicted molar refractivity (Wildman–Crippen MR) is 132 cm³/mol. The zero-order valence-corrected chi connectivity index (χ0v) is 19.3. The standard InChI is InChI=1S/C25H22ClN5O4/c26-20-11-17(35-16-6-2-1-3-7-16)8-9-18(20)22(32)19-13-28-24-21(19)23(29-14-30-24)27-12-15-5-4-10-31(15)25(33)34/h1-3,6-9,11,13-15H,4-5,10,12H2,(H,33,34)(H2,27,28,29,30). The maximum absolute atomic E-state index is 13.5. The lowest BCUT2D eigenvalue weighted by Gasteiger charge is -2.22. The number of carbonyl (C=O) groups is 2. The molecule has 3 heterocycles. The quantitative estimate of drug-likeness (QED) is 0.304. The number of benzene rings is 2. The molecule has 0 saturated carbocycles. The van der Waals surface area contributed by atoms with Crippen LogP contribution in [-0.4, -0.2) is 56.0 Å². The van der Waals surface area contributed by atoms with Crippen LogP contribution in [-0.2, 0) is 0 Å². The number of anilines is 1. The van der Waals surface area contributed by atoms with Crippen molar-refractivity contribution in [3.8, 4) is 11.5 Å². The van der Waals surface area contributed by atoms with Crippen molar-refractivity contribution >= 4 is 40.3 Å². The summed E-state index contributed by atoms with van der Waals surface area (Å²) in [4.78, 5) is 37.9. The van der Waals surface area contributed by atoms with Gasteiger partial charge in [0.15, 0.2) is 5.78 Å². The van der Waals surface area contributed by atoms with Gasteiger partial charge in [-0.05, 0) is 37.1 Å². The number of aromatic nitrogens is 3. The van der Waals surface area contributed by atoms with Crippen LogP contribution in [0.5, 0.6) is 11.5 Å². The molecule has 1 fully saturated rings. The third-order valence-corrected chi connectivity index (χ3v) is 6.32. The van der Waals surface area contributed by atoms with Crippen LogP contribution in [0, 0.1) is 0 Å². The second-order valence-electron chi connectivity index (χ2n) is 8.19. The zero-order chi connectivity index (χ0) is 24.4. The van der Waals surface area contributed by atoms with E-state index in [2.05, 4.69) is 20.3 Å². The molecule has 3 N–H and O–H groups in total. The van der Waals surface area contributed by atoms with E-state index >= 15 is 0 Å². The van der Waals surface area contributed by atoms with Crippen LogP contribution in [0.15, 0.2) is 61.1 Å². The number of para-hydroxylation sites is 1. The minimum Gasteiger partial charge on any atom is -0.465 e. The summed E-state index contributed by atoms with van der Waals surface area (Å²) in [5.74, 6) is 1.34. The van der Waals surface area contributed by atoms with E-state index in [0.29, 0.717) is 52.6 Å². The van der Waals surface area contributed by atoms with Gasteiger partial charge in [-0.3, -0.25) is 4.79 Å². The van der Waals surface area contributed by atoms with Crippen LogP contribution in [0.3, 0.4) is 0 Å². The number of likely N-dealkylation sites (tertiary alicyclic amines) is 1. The fraction of sp³-hybridized carbons (Fsp3) is 0.200. The van der Waals surface area contributed by atoms with Gasteiger partial charge in [-0.25, -0.2) is 14.8 Å². The van der Waals surface area contributed by atoms with Crippen molar-refractivity contribution in [2.75, 3.05) is 18.4 Å². The summed E-state index contributed by atoms with van der Waals surface area (Å²) >= 11 is 6.47. The van der Waals surface area contributed by atoms with Crippen molar-refractivity contribution in [1.29, 1.82) is 0 Å². The van der Waals surface area contributed by atoms with Gasteiger partial charge in [0.1, 0.15) is 29.3 Å². The highest BCUT2D eigenvalue weighted by Gasteiger charge is 2.29.